The third-order valence-electron chi connectivity index (χ3n) is 2.84. The SMILES string of the molecule is Cc1cnc(-c2ccccc2-c2ncc(C)[nH]2)[nH]1.[Cl-].[Cl-].[Pt+2]. The summed E-state index contributed by atoms with van der Waals surface area (Å²) in [6, 6.07) is 8.11. The molecule has 0 bridgehead atoms. The van der Waals surface area contributed by atoms with Crippen LogP contribution in [0.2, 0.25) is 0 Å². The summed E-state index contributed by atoms with van der Waals surface area (Å²) in [6.45, 7) is 3.99. The normalized spacial score (nSPS) is 9.24. The average Bonchev–Trinajstić information content (AvgIpc) is 2.98. The van der Waals surface area contributed by atoms with E-state index in [1.807, 2.05) is 50.5 Å². The third-order valence-corrected chi connectivity index (χ3v) is 2.84. The predicted octanol–water partition coefficient (Wildman–Crippen LogP) is -2.91. The fourth-order valence-corrected chi connectivity index (χ4v) is 2.00. The van der Waals surface area contributed by atoms with Gasteiger partial charge in [-0.15, -0.1) is 0 Å². The molecule has 0 atom stereocenters. The Morgan fingerprint density at radius 2 is 1.14 bits per heavy atom. The molecule has 0 saturated heterocycles. The molecule has 0 amide bonds. The van der Waals surface area contributed by atoms with Crippen LogP contribution in [0.5, 0.6) is 0 Å². The third kappa shape index (κ3) is 4.19. The van der Waals surface area contributed by atoms with Crippen molar-refractivity contribution in [2.75, 3.05) is 0 Å². The predicted molar refractivity (Wildman–Crippen MR) is 71.1 cm³/mol. The Kier molecular flexibility index (Phi) is 7.94. The zero-order chi connectivity index (χ0) is 12.5. The maximum Gasteiger partial charge on any atom is 2.00 e. The van der Waals surface area contributed by atoms with Gasteiger partial charge in [0.2, 0.25) is 0 Å². The number of nitrogens with one attached hydrogen (secondary N) is 2. The Hall–Kier alpha value is -1.09. The Balaban J connectivity index is 0.00000133. The van der Waals surface area contributed by atoms with Gasteiger partial charge in [0.05, 0.1) is 0 Å². The first-order valence-electron chi connectivity index (χ1n) is 5.87. The number of aromatic amines is 2. The Morgan fingerprint density at radius 1 is 0.762 bits per heavy atom. The molecule has 4 nitrogen and oxygen atoms in total. The van der Waals surface area contributed by atoms with Crippen molar-refractivity contribution in [3.05, 3.63) is 48.0 Å². The number of benzene rings is 1. The minimum absolute atomic E-state index is 0. The van der Waals surface area contributed by atoms with Crippen LogP contribution >= 0.6 is 0 Å². The number of H-pyrrole nitrogens is 2. The van der Waals surface area contributed by atoms with E-state index < -0.39 is 0 Å². The first-order chi connectivity index (χ1) is 8.74. The molecule has 0 spiro atoms. The van der Waals surface area contributed by atoms with Crippen molar-refractivity contribution in [3.63, 3.8) is 0 Å². The molecule has 0 aliphatic carbocycles. The summed E-state index contributed by atoms with van der Waals surface area (Å²) in [4.78, 5) is 15.3. The molecular formula is C14H14Cl2N4Pt. The number of nitrogens with zero attached hydrogens (tertiary/aromatic N) is 2. The van der Waals surface area contributed by atoms with E-state index >= 15 is 0 Å². The van der Waals surface area contributed by atoms with Gasteiger partial charge >= 0.3 is 21.1 Å². The Morgan fingerprint density at radius 3 is 1.43 bits per heavy atom. The number of halogens is 2. The molecule has 0 unspecified atom stereocenters. The van der Waals surface area contributed by atoms with Gasteiger partial charge in [0, 0.05) is 34.9 Å². The Bertz CT molecular complexity index is 634. The van der Waals surface area contributed by atoms with E-state index in [9.17, 15) is 0 Å². The second-order valence-corrected chi connectivity index (χ2v) is 4.38. The number of aromatic nitrogens is 4. The van der Waals surface area contributed by atoms with Gasteiger partial charge in [-0.05, 0) is 13.8 Å². The van der Waals surface area contributed by atoms with Crippen LogP contribution in [0.4, 0.5) is 0 Å². The van der Waals surface area contributed by atoms with Crippen molar-refractivity contribution in [3.8, 4) is 22.8 Å². The van der Waals surface area contributed by atoms with E-state index in [0.717, 1.165) is 34.2 Å². The molecular weight excluding hydrogens is 490 g/mol. The molecule has 2 aromatic heterocycles. The molecule has 3 aromatic rings. The monoisotopic (exact) mass is 503 g/mol. The van der Waals surface area contributed by atoms with Gasteiger partial charge in [-0.25, -0.2) is 9.97 Å². The smallest absolute Gasteiger partial charge is 1.00 e. The van der Waals surface area contributed by atoms with E-state index in [-0.39, 0.29) is 45.9 Å². The summed E-state index contributed by atoms with van der Waals surface area (Å²) in [6.07, 6.45) is 3.67. The molecule has 1 aromatic carbocycles. The zero-order valence-electron chi connectivity index (χ0n) is 11.4. The van der Waals surface area contributed by atoms with E-state index in [0.29, 0.717) is 0 Å². The van der Waals surface area contributed by atoms with Crippen LogP contribution in [-0.4, -0.2) is 19.9 Å². The van der Waals surface area contributed by atoms with Crippen molar-refractivity contribution >= 4 is 0 Å². The van der Waals surface area contributed by atoms with Crippen LogP contribution in [0, 0.1) is 13.8 Å². The fraction of sp³-hybridized carbons (Fsp3) is 0.143. The zero-order valence-corrected chi connectivity index (χ0v) is 15.2. The van der Waals surface area contributed by atoms with E-state index in [2.05, 4.69) is 19.9 Å². The number of aryl methyl sites for hydroxylation is 2. The molecule has 7 heteroatoms. The molecule has 0 fully saturated rings. The second-order valence-electron chi connectivity index (χ2n) is 4.38. The summed E-state index contributed by atoms with van der Waals surface area (Å²) in [7, 11) is 0. The molecule has 3 rings (SSSR count). The van der Waals surface area contributed by atoms with Crippen molar-refractivity contribution in [2.45, 2.75) is 13.8 Å². The van der Waals surface area contributed by atoms with Crippen LogP contribution in [-0.2, 0) is 21.1 Å². The molecule has 2 heterocycles. The van der Waals surface area contributed by atoms with Gasteiger partial charge in [-0.2, -0.15) is 0 Å². The number of imidazole rings is 2. The van der Waals surface area contributed by atoms with Gasteiger partial charge in [0.25, 0.3) is 0 Å². The quantitative estimate of drug-likeness (QED) is 0.394. The first kappa shape index (κ1) is 19.9. The standard InChI is InChI=1S/C14H14N4.2ClH.Pt/c1-9-7-15-13(17-9)11-5-3-4-6-12(11)14-16-8-10(2)18-14;;;/h3-8H,1-2H3,(H,15,17)(H,16,18);2*1H;/q;;;+2/p-2. The fourth-order valence-electron chi connectivity index (χ4n) is 2.00. The minimum atomic E-state index is 0. The minimum Gasteiger partial charge on any atom is -1.00 e. The van der Waals surface area contributed by atoms with Gasteiger partial charge < -0.3 is 34.8 Å². The second kappa shape index (κ2) is 8.38. The van der Waals surface area contributed by atoms with Crippen LogP contribution < -0.4 is 24.8 Å². The van der Waals surface area contributed by atoms with Crippen LogP contribution in [0.15, 0.2) is 36.7 Å². The summed E-state index contributed by atoms with van der Waals surface area (Å²) < 4.78 is 0. The Labute approximate surface area is 150 Å². The molecule has 21 heavy (non-hydrogen) atoms. The first-order valence-corrected chi connectivity index (χ1v) is 5.87. The molecule has 0 aliphatic heterocycles. The van der Waals surface area contributed by atoms with Gasteiger partial charge in [-0.1, -0.05) is 24.3 Å². The topological polar surface area (TPSA) is 57.4 Å². The molecule has 0 radical (unpaired) electrons. The van der Waals surface area contributed by atoms with Crippen LogP contribution in [0.1, 0.15) is 11.4 Å². The van der Waals surface area contributed by atoms with Crippen molar-refractivity contribution in [1.82, 2.24) is 19.9 Å². The maximum absolute atomic E-state index is 4.38. The van der Waals surface area contributed by atoms with Gasteiger partial charge in [-0.3, -0.25) is 0 Å². The molecule has 0 saturated carbocycles. The van der Waals surface area contributed by atoms with E-state index in [4.69, 9.17) is 0 Å². The summed E-state index contributed by atoms with van der Waals surface area (Å²) >= 11 is 0. The van der Waals surface area contributed by atoms with E-state index in [1.165, 1.54) is 0 Å². The molecule has 2 N–H and O–H groups in total. The van der Waals surface area contributed by atoms with Crippen LogP contribution in [0.25, 0.3) is 22.8 Å². The van der Waals surface area contributed by atoms with Gasteiger partial charge in [0.15, 0.2) is 0 Å². The number of rotatable bonds is 2. The maximum atomic E-state index is 4.38. The summed E-state index contributed by atoms with van der Waals surface area (Å²) in [5.74, 6) is 1.74. The molecule has 0 aliphatic rings. The summed E-state index contributed by atoms with van der Waals surface area (Å²) in [5.41, 5.74) is 4.21. The van der Waals surface area contributed by atoms with E-state index in [1.54, 1.807) is 0 Å². The average molecular weight is 504 g/mol. The van der Waals surface area contributed by atoms with Crippen molar-refractivity contribution in [2.24, 2.45) is 0 Å². The van der Waals surface area contributed by atoms with Crippen molar-refractivity contribution < 1.29 is 45.9 Å². The number of hydrogen-bond acceptors (Lipinski definition) is 2. The summed E-state index contributed by atoms with van der Waals surface area (Å²) in [5, 5.41) is 0. The van der Waals surface area contributed by atoms with Crippen molar-refractivity contribution in [1.29, 1.82) is 0 Å². The number of hydrogen-bond donors (Lipinski definition) is 2. The largest absolute Gasteiger partial charge is 2.00 e. The molecule has 114 valence electrons. The van der Waals surface area contributed by atoms with Gasteiger partial charge in [0.1, 0.15) is 11.6 Å². The van der Waals surface area contributed by atoms with Crippen LogP contribution in [0.3, 0.4) is 0 Å².